The summed E-state index contributed by atoms with van der Waals surface area (Å²) in [5, 5.41) is 12.3. The Hall–Kier alpha value is -3.19. The molecule has 1 atom stereocenters. The molecule has 7 nitrogen and oxygen atoms in total. The molecule has 3 aromatic rings. The van der Waals surface area contributed by atoms with Crippen molar-refractivity contribution in [2.75, 3.05) is 6.54 Å². The van der Waals surface area contributed by atoms with Gasteiger partial charge in [0.1, 0.15) is 0 Å². The summed E-state index contributed by atoms with van der Waals surface area (Å²) in [4.78, 5) is 27.6. The Labute approximate surface area is 156 Å². The van der Waals surface area contributed by atoms with Gasteiger partial charge in [0.25, 0.3) is 5.69 Å². The van der Waals surface area contributed by atoms with Crippen molar-refractivity contribution in [3.63, 3.8) is 0 Å². The highest BCUT2D eigenvalue weighted by Gasteiger charge is 2.20. The van der Waals surface area contributed by atoms with Crippen molar-refractivity contribution in [1.29, 1.82) is 0 Å². The Morgan fingerprint density at radius 1 is 1.19 bits per heavy atom. The fourth-order valence-corrected chi connectivity index (χ4v) is 3.26. The first-order valence-electron chi connectivity index (χ1n) is 8.74. The van der Waals surface area contributed by atoms with Gasteiger partial charge in [-0.25, -0.2) is 0 Å². The van der Waals surface area contributed by atoms with Crippen LogP contribution in [0.5, 0.6) is 0 Å². The van der Waals surface area contributed by atoms with Gasteiger partial charge in [-0.2, -0.15) is 0 Å². The van der Waals surface area contributed by atoms with Crippen LogP contribution in [-0.4, -0.2) is 33.3 Å². The zero-order chi connectivity index (χ0) is 19.4. The summed E-state index contributed by atoms with van der Waals surface area (Å²) in [5.74, 6) is -0.164. The fraction of sp³-hybridized carbons (Fsp3) is 0.250. The van der Waals surface area contributed by atoms with Crippen molar-refractivity contribution < 1.29 is 9.72 Å². The van der Waals surface area contributed by atoms with E-state index in [0.29, 0.717) is 18.5 Å². The lowest BCUT2D eigenvalue weighted by molar-refractivity contribution is -0.385. The predicted molar refractivity (Wildman–Crippen MR) is 104 cm³/mol. The number of nitrogens with one attached hydrogen (secondary N) is 1. The van der Waals surface area contributed by atoms with Crippen LogP contribution in [0.3, 0.4) is 0 Å². The number of H-pyrrole nitrogens is 1. The lowest BCUT2D eigenvalue weighted by atomic mass is 10.0. The monoisotopic (exact) mass is 366 g/mol. The predicted octanol–water partition coefficient (Wildman–Crippen LogP) is 2.99. The molecule has 0 fully saturated rings. The van der Waals surface area contributed by atoms with Gasteiger partial charge in [0, 0.05) is 48.2 Å². The molecule has 140 valence electrons. The van der Waals surface area contributed by atoms with Gasteiger partial charge < -0.3 is 15.6 Å². The van der Waals surface area contributed by atoms with E-state index in [4.69, 9.17) is 5.73 Å². The molecule has 0 saturated heterocycles. The number of carbonyl (C=O) groups is 1. The van der Waals surface area contributed by atoms with Crippen LogP contribution in [-0.2, 0) is 17.8 Å². The molecule has 1 amide bonds. The molecular formula is C20H22N4O3. The van der Waals surface area contributed by atoms with Crippen LogP contribution in [0.15, 0.2) is 54.7 Å². The number of nitrogens with two attached hydrogens (primary N) is 1. The van der Waals surface area contributed by atoms with Gasteiger partial charge in [0.2, 0.25) is 5.91 Å². The number of nitro groups is 1. The summed E-state index contributed by atoms with van der Waals surface area (Å²) in [7, 11) is 0. The lowest BCUT2D eigenvalue weighted by Gasteiger charge is -2.24. The SMILES string of the molecule is CC(=O)N(Cc1ccccc1[N+](=O)[O-])CC(N)Cc1c[nH]c2ccccc12. The maximum atomic E-state index is 12.1. The molecule has 3 rings (SSSR count). The topological polar surface area (TPSA) is 105 Å². The number of nitrogens with zero attached hydrogens (tertiary/aromatic N) is 2. The molecule has 0 aliphatic carbocycles. The third kappa shape index (κ3) is 4.32. The molecule has 27 heavy (non-hydrogen) atoms. The van der Waals surface area contributed by atoms with Crippen molar-refractivity contribution in [3.8, 4) is 0 Å². The highest BCUT2D eigenvalue weighted by molar-refractivity contribution is 5.83. The molecule has 1 unspecified atom stereocenters. The van der Waals surface area contributed by atoms with E-state index in [1.807, 2.05) is 30.5 Å². The van der Waals surface area contributed by atoms with Crippen LogP contribution in [0.25, 0.3) is 10.9 Å². The second-order valence-electron chi connectivity index (χ2n) is 6.61. The van der Waals surface area contributed by atoms with Crippen molar-refractivity contribution in [2.45, 2.75) is 25.9 Å². The first-order chi connectivity index (χ1) is 13.0. The van der Waals surface area contributed by atoms with Crippen LogP contribution in [0.1, 0.15) is 18.1 Å². The number of nitro benzene ring substituents is 1. The number of aromatic amines is 1. The fourth-order valence-electron chi connectivity index (χ4n) is 3.26. The second-order valence-corrected chi connectivity index (χ2v) is 6.61. The highest BCUT2D eigenvalue weighted by atomic mass is 16.6. The zero-order valence-electron chi connectivity index (χ0n) is 15.1. The van der Waals surface area contributed by atoms with Crippen LogP contribution >= 0.6 is 0 Å². The van der Waals surface area contributed by atoms with E-state index in [1.54, 1.807) is 23.1 Å². The third-order valence-corrected chi connectivity index (χ3v) is 4.61. The van der Waals surface area contributed by atoms with Gasteiger partial charge in [-0.1, -0.05) is 36.4 Å². The lowest BCUT2D eigenvalue weighted by Crippen LogP contribution is -2.41. The van der Waals surface area contributed by atoms with Gasteiger partial charge >= 0.3 is 0 Å². The number of hydrogen-bond donors (Lipinski definition) is 2. The second kappa shape index (κ2) is 8.01. The number of carbonyl (C=O) groups excluding carboxylic acids is 1. The quantitative estimate of drug-likeness (QED) is 0.495. The van der Waals surface area contributed by atoms with E-state index in [9.17, 15) is 14.9 Å². The van der Waals surface area contributed by atoms with Crippen LogP contribution in [0.2, 0.25) is 0 Å². The summed E-state index contributed by atoms with van der Waals surface area (Å²) < 4.78 is 0. The van der Waals surface area contributed by atoms with E-state index in [2.05, 4.69) is 4.98 Å². The number of hydrogen-bond acceptors (Lipinski definition) is 4. The molecule has 3 N–H and O–H groups in total. The zero-order valence-corrected chi connectivity index (χ0v) is 15.1. The van der Waals surface area contributed by atoms with Crippen molar-refractivity contribution in [1.82, 2.24) is 9.88 Å². The first-order valence-corrected chi connectivity index (χ1v) is 8.74. The summed E-state index contributed by atoms with van der Waals surface area (Å²) in [5.41, 5.74) is 8.94. The Morgan fingerprint density at radius 3 is 2.63 bits per heavy atom. The minimum Gasteiger partial charge on any atom is -0.361 e. The van der Waals surface area contributed by atoms with Crippen molar-refractivity contribution in [2.24, 2.45) is 5.73 Å². The summed E-state index contributed by atoms with van der Waals surface area (Å²) >= 11 is 0. The van der Waals surface area contributed by atoms with Crippen LogP contribution in [0, 0.1) is 10.1 Å². The molecule has 0 bridgehead atoms. The molecular weight excluding hydrogens is 344 g/mol. The minimum absolute atomic E-state index is 0.00829. The van der Waals surface area contributed by atoms with Gasteiger partial charge in [0.05, 0.1) is 11.5 Å². The average Bonchev–Trinajstić information content (AvgIpc) is 3.04. The summed E-state index contributed by atoms with van der Waals surface area (Å²) in [6.45, 7) is 1.93. The Kier molecular flexibility index (Phi) is 5.52. The van der Waals surface area contributed by atoms with Crippen molar-refractivity contribution >= 4 is 22.5 Å². The molecule has 0 saturated carbocycles. The van der Waals surface area contributed by atoms with Gasteiger partial charge in [-0.05, 0) is 18.1 Å². The van der Waals surface area contributed by atoms with E-state index in [-0.39, 0.29) is 24.2 Å². The molecule has 2 aromatic carbocycles. The van der Waals surface area contributed by atoms with E-state index < -0.39 is 4.92 Å². The Bertz CT molecular complexity index is 967. The van der Waals surface area contributed by atoms with E-state index in [1.165, 1.54) is 13.0 Å². The average molecular weight is 366 g/mol. The molecule has 7 heteroatoms. The number of rotatable bonds is 7. The third-order valence-electron chi connectivity index (χ3n) is 4.61. The van der Waals surface area contributed by atoms with Gasteiger partial charge in [-0.3, -0.25) is 14.9 Å². The van der Waals surface area contributed by atoms with Crippen molar-refractivity contribution in [3.05, 3.63) is 76.0 Å². The maximum Gasteiger partial charge on any atom is 0.274 e. The number of benzene rings is 2. The standard InChI is InChI=1S/C20H22N4O3/c1-14(25)23(12-15-6-2-5-9-20(15)24(26)27)13-17(21)10-16-11-22-19-8-4-3-7-18(16)19/h2-9,11,17,22H,10,12-13,21H2,1H3. The maximum absolute atomic E-state index is 12.1. The largest absolute Gasteiger partial charge is 0.361 e. The smallest absolute Gasteiger partial charge is 0.274 e. The Morgan fingerprint density at radius 2 is 1.89 bits per heavy atom. The van der Waals surface area contributed by atoms with Crippen LogP contribution < -0.4 is 5.73 Å². The number of aromatic nitrogens is 1. The number of fused-ring (bicyclic) bond motifs is 1. The number of amides is 1. The van der Waals surface area contributed by atoms with Crippen LogP contribution in [0.4, 0.5) is 5.69 Å². The summed E-state index contributed by atoms with van der Waals surface area (Å²) in [6.07, 6.45) is 2.54. The molecule has 1 heterocycles. The molecule has 0 aliphatic heterocycles. The normalized spacial score (nSPS) is 12.1. The first kappa shape index (κ1) is 18.6. The Balaban J connectivity index is 1.73. The van der Waals surface area contributed by atoms with E-state index in [0.717, 1.165) is 16.5 Å². The van der Waals surface area contributed by atoms with Gasteiger partial charge in [0.15, 0.2) is 0 Å². The molecule has 0 aliphatic rings. The highest BCUT2D eigenvalue weighted by Crippen LogP contribution is 2.21. The van der Waals surface area contributed by atoms with E-state index >= 15 is 0 Å². The molecule has 0 radical (unpaired) electrons. The minimum atomic E-state index is -0.431. The molecule has 0 spiro atoms. The molecule has 1 aromatic heterocycles. The summed E-state index contributed by atoms with van der Waals surface area (Å²) in [6, 6.07) is 14.1. The number of para-hydroxylation sites is 2. The van der Waals surface area contributed by atoms with Gasteiger partial charge in [-0.15, -0.1) is 0 Å².